The molecule has 0 bridgehead atoms. The van der Waals surface area contributed by atoms with Gasteiger partial charge in [0, 0.05) is 19.2 Å². The molecule has 6 nitrogen and oxygen atoms in total. The SMILES string of the molecule is Cc1nc2ccccc2n1CCCNC(=O)/C=C/c1cnc2ccccc2n1. The van der Waals surface area contributed by atoms with E-state index in [0.717, 1.165) is 40.9 Å². The summed E-state index contributed by atoms with van der Waals surface area (Å²) >= 11 is 0. The third kappa shape index (κ3) is 3.91. The lowest BCUT2D eigenvalue weighted by atomic mass is 10.3. The van der Waals surface area contributed by atoms with Crippen LogP contribution in [0.25, 0.3) is 28.1 Å². The molecular weight excluding hydrogens is 350 g/mol. The number of aryl methyl sites for hydroxylation is 2. The molecular formula is C22H21N5O. The first kappa shape index (κ1) is 17.9. The van der Waals surface area contributed by atoms with Crippen molar-refractivity contribution >= 4 is 34.1 Å². The van der Waals surface area contributed by atoms with E-state index in [1.54, 1.807) is 12.3 Å². The van der Waals surface area contributed by atoms with Crippen LogP contribution in [0.5, 0.6) is 0 Å². The first-order chi connectivity index (χ1) is 13.7. The quantitative estimate of drug-likeness (QED) is 0.416. The van der Waals surface area contributed by atoms with E-state index in [2.05, 4.69) is 30.9 Å². The molecule has 0 atom stereocenters. The Hall–Kier alpha value is -3.54. The highest BCUT2D eigenvalue weighted by Crippen LogP contribution is 2.15. The van der Waals surface area contributed by atoms with E-state index in [0.29, 0.717) is 12.2 Å². The molecule has 1 amide bonds. The van der Waals surface area contributed by atoms with Crippen molar-refractivity contribution in [3.05, 3.63) is 72.3 Å². The van der Waals surface area contributed by atoms with Crippen LogP contribution in [0, 0.1) is 6.92 Å². The Bertz CT molecular complexity index is 1160. The second-order valence-corrected chi connectivity index (χ2v) is 6.56. The molecule has 1 N–H and O–H groups in total. The second-order valence-electron chi connectivity index (χ2n) is 6.56. The summed E-state index contributed by atoms with van der Waals surface area (Å²) in [5.41, 5.74) is 4.44. The summed E-state index contributed by atoms with van der Waals surface area (Å²) in [5.74, 6) is 0.851. The van der Waals surface area contributed by atoms with Gasteiger partial charge in [0.1, 0.15) is 5.82 Å². The minimum absolute atomic E-state index is 0.137. The van der Waals surface area contributed by atoms with Crippen LogP contribution in [0.15, 0.2) is 60.8 Å². The second kappa shape index (κ2) is 8.00. The lowest BCUT2D eigenvalue weighted by molar-refractivity contribution is -0.116. The highest BCUT2D eigenvalue weighted by atomic mass is 16.1. The smallest absolute Gasteiger partial charge is 0.244 e. The maximum Gasteiger partial charge on any atom is 0.244 e. The Balaban J connectivity index is 1.30. The van der Waals surface area contributed by atoms with Crippen LogP contribution < -0.4 is 5.32 Å². The monoisotopic (exact) mass is 371 g/mol. The van der Waals surface area contributed by atoms with Crippen LogP contribution in [0.1, 0.15) is 17.9 Å². The third-order valence-electron chi connectivity index (χ3n) is 4.58. The summed E-state index contributed by atoms with van der Waals surface area (Å²) in [4.78, 5) is 25.4. The zero-order chi connectivity index (χ0) is 19.3. The molecule has 0 aliphatic rings. The molecule has 6 heteroatoms. The number of para-hydroxylation sites is 4. The summed E-state index contributed by atoms with van der Waals surface area (Å²) in [6, 6.07) is 15.8. The number of nitrogens with zero attached hydrogens (tertiary/aromatic N) is 4. The van der Waals surface area contributed by atoms with Crippen LogP contribution in [0.4, 0.5) is 0 Å². The van der Waals surface area contributed by atoms with Crippen molar-refractivity contribution in [1.29, 1.82) is 0 Å². The molecule has 0 aliphatic carbocycles. The number of hydrogen-bond donors (Lipinski definition) is 1. The molecule has 140 valence electrons. The van der Waals surface area contributed by atoms with E-state index in [9.17, 15) is 4.79 Å². The number of rotatable bonds is 6. The number of aromatic nitrogens is 4. The number of carbonyl (C=O) groups is 1. The van der Waals surface area contributed by atoms with Gasteiger partial charge in [-0.25, -0.2) is 9.97 Å². The molecule has 4 rings (SSSR count). The maximum absolute atomic E-state index is 12.1. The van der Waals surface area contributed by atoms with E-state index in [1.807, 2.05) is 49.4 Å². The zero-order valence-corrected chi connectivity index (χ0v) is 15.7. The lowest BCUT2D eigenvalue weighted by Gasteiger charge is -2.07. The topological polar surface area (TPSA) is 72.7 Å². The van der Waals surface area contributed by atoms with Gasteiger partial charge in [0.2, 0.25) is 5.91 Å². The van der Waals surface area contributed by atoms with Gasteiger partial charge in [0.15, 0.2) is 0 Å². The van der Waals surface area contributed by atoms with Crippen LogP contribution in [-0.4, -0.2) is 32.0 Å². The molecule has 0 radical (unpaired) electrons. The number of nitrogens with one attached hydrogen (secondary N) is 1. The number of hydrogen-bond acceptors (Lipinski definition) is 4. The standard InChI is InChI=1S/C22H21N5O/c1-16-25-20-9-4-5-10-21(20)27(16)14-6-13-23-22(28)12-11-17-15-24-18-7-2-3-8-19(18)26-17/h2-5,7-12,15H,6,13-14H2,1H3,(H,23,28)/b12-11+. The van der Waals surface area contributed by atoms with Gasteiger partial charge in [-0.05, 0) is 43.7 Å². The Morgan fingerprint density at radius 1 is 1.04 bits per heavy atom. The zero-order valence-electron chi connectivity index (χ0n) is 15.7. The van der Waals surface area contributed by atoms with Gasteiger partial charge in [0.25, 0.3) is 0 Å². The fourth-order valence-corrected chi connectivity index (χ4v) is 3.20. The molecule has 0 aliphatic heterocycles. The normalized spacial score (nSPS) is 11.5. The van der Waals surface area contributed by atoms with Crippen molar-refractivity contribution in [1.82, 2.24) is 24.8 Å². The first-order valence-electron chi connectivity index (χ1n) is 9.30. The fraction of sp³-hybridized carbons (Fsp3) is 0.182. The summed E-state index contributed by atoms with van der Waals surface area (Å²) < 4.78 is 2.18. The van der Waals surface area contributed by atoms with Crippen LogP contribution >= 0.6 is 0 Å². The molecule has 0 spiro atoms. The Morgan fingerprint density at radius 2 is 1.79 bits per heavy atom. The van der Waals surface area contributed by atoms with Gasteiger partial charge in [-0.1, -0.05) is 24.3 Å². The number of carbonyl (C=O) groups excluding carboxylic acids is 1. The van der Waals surface area contributed by atoms with Crippen LogP contribution in [0.2, 0.25) is 0 Å². The Kier molecular flexibility index (Phi) is 5.10. The van der Waals surface area contributed by atoms with E-state index < -0.39 is 0 Å². The van der Waals surface area contributed by atoms with Gasteiger partial charge < -0.3 is 9.88 Å². The predicted octanol–water partition coefficient (Wildman–Crippen LogP) is 3.51. The number of imidazole rings is 1. The molecule has 2 aromatic carbocycles. The van der Waals surface area contributed by atoms with Gasteiger partial charge in [-0.2, -0.15) is 0 Å². The number of fused-ring (bicyclic) bond motifs is 2. The maximum atomic E-state index is 12.1. The number of amides is 1. The first-order valence-corrected chi connectivity index (χ1v) is 9.30. The largest absolute Gasteiger partial charge is 0.352 e. The summed E-state index contributed by atoms with van der Waals surface area (Å²) in [5, 5.41) is 2.91. The van der Waals surface area contributed by atoms with Crippen molar-refractivity contribution < 1.29 is 4.79 Å². The van der Waals surface area contributed by atoms with E-state index >= 15 is 0 Å². The molecule has 28 heavy (non-hydrogen) atoms. The highest BCUT2D eigenvalue weighted by molar-refractivity contribution is 5.91. The molecule has 0 unspecified atom stereocenters. The molecule has 0 fully saturated rings. The molecule has 2 heterocycles. The molecule has 0 saturated heterocycles. The van der Waals surface area contributed by atoms with E-state index in [-0.39, 0.29) is 5.91 Å². The van der Waals surface area contributed by atoms with Crippen LogP contribution in [0.3, 0.4) is 0 Å². The fourth-order valence-electron chi connectivity index (χ4n) is 3.20. The summed E-state index contributed by atoms with van der Waals surface area (Å²) in [7, 11) is 0. The lowest BCUT2D eigenvalue weighted by Crippen LogP contribution is -2.23. The summed E-state index contributed by atoms with van der Waals surface area (Å²) in [6.07, 6.45) is 5.68. The Labute approximate surface area is 163 Å². The molecule has 0 saturated carbocycles. The van der Waals surface area contributed by atoms with Crippen molar-refractivity contribution in [3.8, 4) is 0 Å². The van der Waals surface area contributed by atoms with Gasteiger partial charge in [-0.15, -0.1) is 0 Å². The average molecular weight is 371 g/mol. The highest BCUT2D eigenvalue weighted by Gasteiger charge is 2.06. The third-order valence-corrected chi connectivity index (χ3v) is 4.58. The van der Waals surface area contributed by atoms with Gasteiger partial charge in [0.05, 0.1) is 34.0 Å². The summed E-state index contributed by atoms with van der Waals surface area (Å²) in [6.45, 7) is 3.41. The minimum atomic E-state index is -0.137. The van der Waals surface area contributed by atoms with Crippen molar-refractivity contribution in [2.75, 3.05) is 6.54 Å². The molecule has 4 aromatic rings. The van der Waals surface area contributed by atoms with Crippen molar-refractivity contribution in [3.63, 3.8) is 0 Å². The van der Waals surface area contributed by atoms with Gasteiger partial charge in [-0.3, -0.25) is 9.78 Å². The van der Waals surface area contributed by atoms with Crippen LogP contribution in [-0.2, 0) is 11.3 Å². The molecule has 2 aromatic heterocycles. The minimum Gasteiger partial charge on any atom is -0.352 e. The van der Waals surface area contributed by atoms with Crippen molar-refractivity contribution in [2.24, 2.45) is 0 Å². The predicted molar refractivity (Wildman–Crippen MR) is 111 cm³/mol. The van der Waals surface area contributed by atoms with Crippen molar-refractivity contribution in [2.45, 2.75) is 19.9 Å². The van der Waals surface area contributed by atoms with E-state index in [4.69, 9.17) is 0 Å². The van der Waals surface area contributed by atoms with Gasteiger partial charge >= 0.3 is 0 Å². The average Bonchev–Trinajstić information content (AvgIpc) is 3.04. The Morgan fingerprint density at radius 3 is 2.64 bits per heavy atom. The van der Waals surface area contributed by atoms with E-state index in [1.165, 1.54) is 6.08 Å². The number of benzene rings is 2.